The quantitative estimate of drug-likeness (QED) is 0.801. The van der Waals surface area contributed by atoms with Crippen LogP contribution in [0.3, 0.4) is 0 Å². The number of ether oxygens (including phenoxy) is 1. The average Bonchev–Trinajstić information content (AvgIpc) is 2.48. The van der Waals surface area contributed by atoms with E-state index < -0.39 is 5.97 Å². The molecule has 0 amide bonds. The third-order valence-electron chi connectivity index (χ3n) is 2.99. The maximum Gasteiger partial charge on any atom is 0.340 e. The molecule has 1 aromatic heterocycles. The number of nitrogens with zero attached hydrogens (tertiary/aromatic N) is 2. The molecule has 0 radical (unpaired) electrons. The number of rotatable bonds is 3. The molecule has 4 nitrogen and oxygen atoms in total. The van der Waals surface area contributed by atoms with Crippen molar-refractivity contribution in [1.29, 1.82) is 5.26 Å². The lowest BCUT2D eigenvalue weighted by atomic mass is 9.99. The molecule has 0 fully saturated rings. The minimum Gasteiger partial charge on any atom is -0.462 e. The van der Waals surface area contributed by atoms with Crippen molar-refractivity contribution in [2.75, 3.05) is 6.61 Å². The second-order valence-corrected chi connectivity index (χ2v) is 4.22. The highest BCUT2D eigenvalue weighted by molar-refractivity contribution is 5.98. The van der Waals surface area contributed by atoms with Crippen molar-refractivity contribution < 1.29 is 9.53 Å². The normalized spacial score (nSPS) is 9.85. The van der Waals surface area contributed by atoms with Gasteiger partial charge in [0.2, 0.25) is 0 Å². The number of hydrogen-bond acceptors (Lipinski definition) is 4. The fourth-order valence-corrected chi connectivity index (χ4v) is 1.98. The predicted octanol–water partition coefficient (Wildman–Crippen LogP) is 3.11. The zero-order valence-electron chi connectivity index (χ0n) is 11.4. The van der Waals surface area contributed by atoms with Crippen LogP contribution >= 0.6 is 0 Å². The molecule has 20 heavy (non-hydrogen) atoms. The largest absolute Gasteiger partial charge is 0.462 e. The minimum atomic E-state index is -0.451. The first-order valence-electron chi connectivity index (χ1n) is 6.31. The molecule has 0 saturated heterocycles. The molecule has 0 N–H and O–H groups in total. The summed E-state index contributed by atoms with van der Waals surface area (Å²) in [6, 6.07) is 11.4. The van der Waals surface area contributed by atoms with Crippen molar-refractivity contribution in [2.24, 2.45) is 0 Å². The molecule has 1 aromatic carbocycles. The van der Waals surface area contributed by atoms with Crippen molar-refractivity contribution in [1.82, 2.24) is 4.98 Å². The first-order valence-corrected chi connectivity index (χ1v) is 6.31. The van der Waals surface area contributed by atoms with Gasteiger partial charge in [-0.05, 0) is 19.4 Å². The van der Waals surface area contributed by atoms with Gasteiger partial charge in [0.05, 0.1) is 23.4 Å². The van der Waals surface area contributed by atoms with Crippen LogP contribution in [0.5, 0.6) is 0 Å². The van der Waals surface area contributed by atoms with Crippen LogP contribution in [0.2, 0.25) is 0 Å². The highest BCUT2D eigenvalue weighted by Crippen LogP contribution is 2.26. The Labute approximate surface area is 117 Å². The average molecular weight is 266 g/mol. The monoisotopic (exact) mass is 266 g/mol. The van der Waals surface area contributed by atoms with Gasteiger partial charge in [-0.2, -0.15) is 5.26 Å². The summed E-state index contributed by atoms with van der Waals surface area (Å²) >= 11 is 0. The Morgan fingerprint density at radius 3 is 2.65 bits per heavy atom. The van der Waals surface area contributed by atoms with Crippen LogP contribution < -0.4 is 0 Å². The van der Waals surface area contributed by atoms with Gasteiger partial charge in [0.15, 0.2) is 0 Å². The Hall–Kier alpha value is -2.67. The smallest absolute Gasteiger partial charge is 0.340 e. The Morgan fingerprint density at radius 2 is 2.05 bits per heavy atom. The molecule has 0 unspecified atom stereocenters. The van der Waals surface area contributed by atoms with Crippen LogP contribution in [0, 0.1) is 18.3 Å². The molecule has 0 aliphatic rings. The molecule has 1 heterocycles. The first kappa shape index (κ1) is 13.8. The minimum absolute atomic E-state index is 0.281. The molecule has 100 valence electrons. The first-order chi connectivity index (χ1) is 9.69. The summed E-state index contributed by atoms with van der Waals surface area (Å²) in [7, 11) is 0. The van der Waals surface area contributed by atoms with Gasteiger partial charge in [-0.15, -0.1) is 0 Å². The standard InChI is InChI=1S/C16H14N2O2/c1-3-20-16(19)14-11(2)13(9-17)10-18-15(14)12-7-5-4-6-8-12/h4-8,10H,3H2,1-2H3. The summed E-state index contributed by atoms with van der Waals surface area (Å²) in [4.78, 5) is 16.4. The summed E-state index contributed by atoms with van der Waals surface area (Å²) in [5, 5.41) is 9.07. The number of benzene rings is 1. The van der Waals surface area contributed by atoms with Gasteiger partial charge in [0.1, 0.15) is 6.07 Å². The Morgan fingerprint density at radius 1 is 1.35 bits per heavy atom. The third-order valence-corrected chi connectivity index (χ3v) is 2.99. The molecule has 0 atom stereocenters. The van der Waals surface area contributed by atoms with Crippen LogP contribution in [0.15, 0.2) is 36.5 Å². The van der Waals surface area contributed by atoms with Crippen LogP contribution in [0.4, 0.5) is 0 Å². The highest BCUT2D eigenvalue weighted by Gasteiger charge is 2.20. The number of carbonyl (C=O) groups is 1. The van der Waals surface area contributed by atoms with E-state index in [1.807, 2.05) is 36.4 Å². The molecule has 0 spiro atoms. The predicted molar refractivity (Wildman–Crippen MR) is 75.1 cm³/mol. The van der Waals surface area contributed by atoms with Gasteiger partial charge in [-0.25, -0.2) is 4.79 Å². The van der Waals surface area contributed by atoms with Crippen molar-refractivity contribution in [3.8, 4) is 17.3 Å². The molecule has 4 heteroatoms. The lowest BCUT2D eigenvalue weighted by Crippen LogP contribution is -2.11. The maximum absolute atomic E-state index is 12.2. The van der Waals surface area contributed by atoms with Gasteiger partial charge < -0.3 is 4.74 Å². The molecule has 0 bridgehead atoms. The van der Waals surface area contributed by atoms with Crippen LogP contribution in [0.1, 0.15) is 28.4 Å². The van der Waals surface area contributed by atoms with Crippen molar-refractivity contribution in [2.45, 2.75) is 13.8 Å². The van der Waals surface area contributed by atoms with E-state index in [0.717, 1.165) is 5.56 Å². The molecule has 0 aliphatic carbocycles. The van der Waals surface area contributed by atoms with Gasteiger partial charge in [0.25, 0.3) is 0 Å². The molecule has 2 rings (SSSR count). The van der Waals surface area contributed by atoms with E-state index in [9.17, 15) is 4.79 Å². The Balaban J connectivity index is 2.66. The molecular formula is C16H14N2O2. The number of hydrogen-bond donors (Lipinski definition) is 0. The van der Waals surface area contributed by atoms with Gasteiger partial charge in [-0.3, -0.25) is 4.98 Å². The van der Waals surface area contributed by atoms with Crippen LogP contribution in [-0.4, -0.2) is 17.6 Å². The summed E-state index contributed by atoms with van der Waals surface area (Å²) in [6.07, 6.45) is 1.49. The lowest BCUT2D eigenvalue weighted by molar-refractivity contribution is 0.0526. The number of aromatic nitrogens is 1. The Bertz CT molecular complexity index is 673. The van der Waals surface area contributed by atoms with E-state index in [1.165, 1.54) is 6.20 Å². The number of pyridine rings is 1. The van der Waals surface area contributed by atoms with Gasteiger partial charge in [-0.1, -0.05) is 30.3 Å². The topological polar surface area (TPSA) is 63.0 Å². The van der Waals surface area contributed by atoms with E-state index in [0.29, 0.717) is 22.4 Å². The molecular weight excluding hydrogens is 252 g/mol. The second-order valence-electron chi connectivity index (χ2n) is 4.22. The van der Waals surface area contributed by atoms with Crippen molar-refractivity contribution >= 4 is 5.97 Å². The van der Waals surface area contributed by atoms with E-state index in [1.54, 1.807) is 13.8 Å². The zero-order chi connectivity index (χ0) is 14.5. The van der Waals surface area contributed by atoms with Crippen LogP contribution in [-0.2, 0) is 4.74 Å². The summed E-state index contributed by atoms with van der Waals surface area (Å²) in [5.41, 5.74) is 2.70. The van der Waals surface area contributed by atoms with Gasteiger partial charge >= 0.3 is 5.97 Å². The zero-order valence-corrected chi connectivity index (χ0v) is 11.4. The lowest BCUT2D eigenvalue weighted by Gasteiger charge is -2.12. The molecule has 2 aromatic rings. The maximum atomic E-state index is 12.2. The summed E-state index contributed by atoms with van der Waals surface area (Å²) in [6.45, 7) is 3.76. The number of carbonyl (C=O) groups excluding carboxylic acids is 1. The van der Waals surface area contributed by atoms with E-state index in [2.05, 4.69) is 4.98 Å². The third kappa shape index (κ3) is 2.52. The van der Waals surface area contributed by atoms with Crippen LogP contribution in [0.25, 0.3) is 11.3 Å². The molecule has 0 aliphatic heterocycles. The Kier molecular flexibility index (Phi) is 4.11. The summed E-state index contributed by atoms with van der Waals surface area (Å²) in [5.74, 6) is -0.451. The fourth-order valence-electron chi connectivity index (χ4n) is 1.98. The molecule has 0 saturated carbocycles. The second kappa shape index (κ2) is 5.98. The van der Waals surface area contributed by atoms with E-state index in [4.69, 9.17) is 10.00 Å². The fraction of sp³-hybridized carbons (Fsp3) is 0.188. The number of esters is 1. The van der Waals surface area contributed by atoms with Crippen molar-refractivity contribution in [3.63, 3.8) is 0 Å². The number of nitriles is 1. The van der Waals surface area contributed by atoms with Gasteiger partial charge in [0, 0.05) is 11.8 Å². The van der Waals surface area contributed by atoms with E-state index in [-0.39, 0.29) is 6.61 Å². The SMILES string of the molecule is CCOC(=O)c1c(-c2ccccc2)ncc(C#N)c1C. The highest BCUT2D eigenvalue weighted by atomic mass is 16.5. The summed E-state index contributed by atoms with van der Waals surface area (Å²) < 4.78 is 5.08. The van der Waals surface area contributed by atoms with Crippen molar-refractivity contribution in [3.05, 3.63) is 53.2 Å². The van der Waals surface area contributed by atoms with E-state index >= 15 is 0 Å².